The Kier molecular flexibility index (Phi) is 3.77. The number of hydrogen-bond acceptors (Lipinski definition) is 4. The molecule has 4 heteroatoms. The van der Waals surface area contributed by atoms with E-state index < -0.39 is 0 Å². The van der Waals surface area contributed by atoms with Crippen LogP contribution in [0.5, 0.6) is 11.6 Å². The van der Waals surface area contributed by atoms with Crippen LogP contribution in [0.1, 0.15) is 24.5 Å². The summed E-state index contributed by atoms with van der Waals surface area (Å²) in [6.45, 7) is 4.05. The fourth-order valence-electron chi connectivity index (χ4n) is 1.67. The highest BCUT2D eigenvalue weighted by Crippen LogP contribution is 2.23. The number of nitrogen functional groups attached to an aromatic ring is 1. The van der Waals surface area contributed by atoms with Crippen LogP contribution in [-0.4, -0.2) is 9.97 Å². The van der Waals surface area contributed by atoms with Gasteiger partial charge in [0, 0.05) is 11.8 Å². The molecular formula is C14H17N3O. The van der Waals surface area contributed by atoms with Crippen molar-refractivity contribution in [2.24, 2.45) is 0 Å². The molecule has 1 heterocycles. The van der Waals surface area contributed by atoms with Gasteiger partial charge < -0.3 is 10.5 Å². The zero-order valence-electron chi connectivity index (χ0n) is 10.7. The average Bonchev–Trinajstić information content (AvgIpc) is 2.37. The summed E-state index contributed by atoms with van der Waals surface area (Å²) in [5.74, 6) is 1.49. The van der Waals surface area contributed by atoms with E-state index in [0.29, 0.717) is 5.88 Å². The highest BCUT2D eigenvalue weighted by molar-refractivity contribution is 5.35. The number of nitrogens with two attached hydrogens (primary N) is 1. The molecule has 0 unspecified atom stereocenters. The van der Waals surface area contributed by atoms with Crippen LogP contribution in [0.15, 0.2) is 30.5 Å². The maximum atomic E-state index is 5.69. The normalized spacial score (nSPS) is 10.3. The molecule has 0 aliphatic rings. The molecule has 0 saturated heterocycles. The molecule has 0 atom stereocenters. The Labute approximate surface area is 107 Å². The first kappa shape index (κ1) is 12.4. The lowest BCUT2D eigenvalue weighted by Gasteiger charge is -2.08. The number of benzene rings is 1. The molecule has 0 bridgehead atoms. The molecule has 18 heavy (non-hydrogen) atoms. The van der Waals surface area contributed by atoms with Crippen LogP contribution in [0.2, 0.25) is 0 Å². The van der Waals surface area contributed by atoms with E-state index in [9.17, 15) is 0 Å². The molecule has 0 amide bonds. The molecule has 2 aromatic rings. The number of hydrogen-bond donors (Lipinski definition) is 1. The van der Waals surface area contributed by atoms with E-state index in [-0.39, 0.29) is 5.95 Å². The van der Waals surface area contributed by atoms with Crippen LogP contribution >= 0.6 is 0 Å². The summed E-state index contributed by atoms with van der Waals surface area (Å²) in [6.07, 6.45) is 3.88. The van der Waals surface area contributed by atoms with Crippen LogP contribution in [0.3, 0.4) is 0 Å². The first-order valence-electron chi connectivity index (χ1n) is 6.05. The van der Waals surface area contributed by atoms with Crippen molar-refractivity contribution >= 4 is 5.95 Å². The van der Waals surface area contributed by atoms with Crippen molar-refractivity contribution in [2.45, 2.75) is 26.7 Å². The van der Waals surface area contributed by atoms with Crippen LogP contribution in [0, 0.1) is 6.92 Å². The van der Waals surface area contributed by atoms with E-state index in [1.54, 1.807) is 6.20 Å². The molecule has 1 aromatic carbocycles. The fourth-order valence-corrected chi connectivity index (χ4v) is 1.67. The molecule has 0 saturated carbocycles. The summed E-state index contributed by atoms with van der Waals surface area (Å²) in [5.41, 5.74) is 7.71. The summed E-state index contributed by atoms with van der Waals surface area (Å²) in [7, 11) is 0. The molecule has 0 aliphatic heterocycles. The molecule has 0 aliphatic carbocycles. The number of nitrogens with zero attached hydrogens (tertiary/aromatic N) is 2. The van der Waals surface area contributed by atoms with Crippen LogP contribution in [-0.2, 0) is 6.42 Å². The van der Waals surface area contributed by atoms with Gasteiger partial charge in [0.15, 0.2) is 0 Å². The zero-order chi connectivity index (χ0) is 13.0. The second-order valence-corrected chi connectivity index (χ2v) is 4.21. The maximum Gasteiger partial charge on any atom is 0.226 e. The predicted molar refractivity (Wildman–Crippen MR) is 71.7 cm³/mol. The standard InChI is InChI=1S/C14H17N3O/c1-3-4-11-5-7-12(8-6-11)18-13-10(2)9-16-14(15)17-13/h5-9H,3-4H2,1-2H3,(H2,15,16,17). The largest absolute Gasteiger partial charge is 0.439 e. The number of aromatic nitrogens is 2. The summed E-state index contributed by atoms with van der Waals surface area (Å²) < 4.78 is 5.69. The number of aryl methyl sites for hydroxylation is 2. The van der Waals surface area contributed by atoms with Crippen molar-refractivity contribution in [1.29, 1.82) is 0 Å². The van der Waals surface area contributed by atoms with Crippen molar-refractivity contribution in [3.05, 3.63) is 41.6 Å². The Balaban J connectivity index is 2.15. The van der Waals surface area contributed by atoms with E-state index in [0.717, 1.165) is 24.2 Å². The van der Waals surface area contributed by atoms with Gasteiger partial charge >= 0.3 is 0 Å². The van der Waals surface area contributed by atoms with Gasteiger partial charge in [0.05, 0.1) is 0 Å². The zero-order valence-corrected chi connectivity index (χ0v) is 10.7. The van der Waals surface area contributed by atoms with E-state index >= 15 is 0 Å². The van der Waals surface area contributed by atoms with E-state index in [1.165, 1.54) is 5.56 Å². The van der Waals surface area contributed by atoms with Crippen molar-refractivity contribution in [1.82, 2.24) is 9.97 Å². The lowest BCUT2D eigenvalue weighted by Crippen LogP contribution is -1.98. The summed E-state index contributed by atoms with van der Waals surface area (Å²) >= 11 is 0. The van der Waals surface area contributed by atoms with E-state index in [1.807, 2.05) is 19.1 Å². The lowest BCUT2D eigenvalue weighted by atomic mass is 10.1. The van der Waals surface area contributed by atoms with Gasteiger partial charge in [-0.05, 0) is 31.0 Å². The number of ether oxygens (including phenoxy) is 1. The summed E-state index contributed by atoms with van der Waals surface area (Å²) in [4.78, 5) is 7.98. The van der Waals surface area contributed by atoms with Gasteiger partial charge in [-0.2, -0.15) is 4.98 Å². The first-order chi connectivity index (χ1) is 8.69. The molecule has 0 fully saturated rings. The monoisotopic (exact) mass is 243 g/mol. The Morgan fingerprint density at radius 3 is 2.61 bits per heavy atom. The summed E-state index contributed by atoms with van der Waals surface area (Å²) in [6, 6.07) is 8.03. The highest BCUT2D eigenvalue weighted by Gasteiger charge is 2.04. The molecule has 2 rings (SSSR count). The van der Waals surface area contributed by atoms with Crippen molar-refractivity contribution in [3.8, 4) is 11.6 Å². The molecule has 94 valence electrons. The Hall–Kier alpha value is -2.10. The number of anilines is 1. The molecular weight excluding hydrogens is 226 g/mol. The quantitative estimate of drug-likeness (QED) is 0.896. The second kappa shape index (κ2) is 5.49. The summed E-state index contributed by atoms with van der Waals surface area (Å²) in [5, 5.41) is 0. The minimum atomic E-state index is 0.221. The van der Waals surface area contributed by atoms with Crippen LogP contribution < -0.4 is 10.5 Å². The third-order valence-electron chi connectivity index (χ3n) is 2.62. The van der Waals surface area contributed by atoms with Gasteiger partial charge in [0.25, 0.3) is 0 Å². The number of rotatable bonds is 4. The van der Waals surface area contributed by atoms with Crippen LogP contribution in [0.4, 0.5) is 5.95 Å². The smallest absolute Gasteiger partial charge is 0.226 e. The second-order valence-electron chi connectivity index (χ2n) is 4.21. The van der Waals surface area contributed by atoms with Gasteiger partial charge in [-0.15, -0.1) is 0 Å². The van der Waals surface area contributed by atoms with Crippen molar-refractivity contribution < 1.29 is 4.74 Å². The highest BCUT2D eigenvalue weighted by atomic mass is 16.5. The van der Waals surface area contributed by atoms with Gasteiger partial charge in [-0.1, -0.05) is 25.5 Å². The van der Waals surface area contributed by atoms with Crippen molar-refractivity contribution in [2.75, 3.05) is 5.73 Å². The molecule has 0 radical (unpaired) electrons. The van der Waals surface area contributed by atoms with Crippen LogP contribution in [0.25, 0.3) is 0 Å². The lowest BCUT2D eigenvalue weighted by molar-refractivity contribution is 0.458. The average molecular weight is 243 g/mol. The fraction of sp³-hybridized carbons (Fsp3) is 0.286. The minimum Gasteiger partial charge on any atom is -0.439 e. The first-order valence-corrected chi connectivity index (χ1v) is 6.05. The van der Waals surface area contributed by atoms with E-state index in [2.05, 4.69) is 29.0 Å². The Morgan fingerprint density at radius 2 is 1.94 bits per heavy atom. The maximum absolute atomic E-state index is 5.69. The predicted octanol–water partition coefficient (Wildman–Crippen LogP) is 3.11. The van der Waals surface area contributed by atoms with Gasteiger partial charge in [-0.3, -0.25) is 0 Å². The molecule has 4 nitrogen and oxygen atoms in total. The molecule has 2 N–H and O–H groups in total. The third kappa shape index (κ3) is 2.97. The Bertz CT molecular complexity index is 523. The Morgan fingerprint density at radius 1 is 1.22 bits per heavy atom. The topological polar surface area (TPSA) is 61.0 Å². The molecule has 0 spiro atoms. The van der Waals surface area contributed by atoms with Gasteiger partial charge in [-0.25, -0.2) is 4.98 Å². The van der Waals surface area contributed by atoms with E-state index in [4.69, 9.17) is 10.5 Å². The minimum absolute atomic E-state index is 0.221. The van der Waals surface area contributed by atoms with Gasteiger partial charge in [0.2, 0.25) is 11.8 Å². The SMILES string of the molecule is CCCc1ccc(Oc2nc(N)ncc2C)cc1. The van der Waals surface area contributed by atoms with Gasteiger partial charge in [0.1, 0.15) is 5.75 Å². The third-order valence-corrected chi connectivity index (χ3v) is 2.62. The van der Waals surface area contributed by atoms with Crippen molar-refractivity contribution in [3.63, 3.8) is 0 Å². The molecule has 1 aromatic heterocycles.